The number of hydrogen-bond acceptors (Lipinski definition) is 4. The molecule has 1 aromatic rings. The molecular weight excluding hydrogens is 232 g/mol. The van der Waals surface area contributed by atoms with Gasteiger partial charge in [-0.05, 0) is 24.7 Å². The van der Waals surface area contributed by atoms with Crippen molar-refractivity contribution >= 4 is 5.97 Å². The lowest BCUT2D eigenvalue weighted by atomic mass is 9.76. The van der Waals surface area contributed by atoms with Crippen molar-refractivity contribution in [3.63, 3.8) is 0 Å². The molecule has 0 atom stereocenters. The highest BCUT2D eigenvalue weighted by Gasteiger charge is 2.27. The third kappa shape index (κ3) is 2.56. The summed E-state index contributed by atoms with van der Waals surface area (Å²) in [6.07, 6.45) is 4.04. The number of aromatic nitrogens is 2. The molecule has 0 bridgehead atoms. The molecule has 1 aliphatic rings. The van der Waals surface area contributed by atoms with E-state index in [0.29, 0.717) is 18.1 Å². The highest BCUT2D eigenvalue weighted by Crippen LogP contribution is 2.34. The van der Waals surface area contributed by atoms with Gasteiger partial charge in [-0.1, -0.05) is 6.92 Å². The zero-order chi connectivity index (χ0) is 13.1. The summed E-state index contributed by atoms with van der Waals surface area (Å²) in [7, 11) is 2.99. The van der Waals surface area contributed by atoms with Crippen molar-refractivity contribution < 1.29 is 14.3 Å². The summed E-state index contributed by atoms with van der Waals surface area (Å²) in [5.41, 5.74) is 1.32. The van der Waals surface area contributed by atoms with Crippen LogP contribution < -0.4 is 0 Å². The van der Waals surface area contributed by atoms with Gasteiger partial charge in [0.15, 0.2) is 0 Å². The Morgan fingerprint density at radius 1 is 1.50 bits per heavy atom. The summed E-state index contributed by atoms with van der Waals surface area (Å²) < 4.78 is 11.8. The average molecular weight is 252 g/mol. The summed E-state index contributed by atoms with van der Waals surface area (Å²) >= 11 is 0. The number of nitrogens with zero attached hydrogens (tertiary/aromatic N) is 2. The Morgan fingerprint density at radius 2 is 2.22 bits per heavy atom. The van der Waals surface area contributed by atoms with Gasteiger partial charge in [0.2, 0.25) is 0 Å². The van der Waals surface area contributed by atoms with Crippen molar-refractivity contribution in [3.05, 3.63) is 17.5 Å². The summed E-state index contributed by atoms with van der Waals surface area (Å²) in [5.74, 6) is 1.13. The van der Waals surface area contributed by atoms with Crippen molar-refractivity contribution in [2.75, 3.05) is 14.2 Å². The second-order valence-corrected chi connectivity index (χ2v) is 5.05. The van der Waals surface area contributed by atoms with E-state index in [-0.39, 0.29) is 5.97 Å². The number of esters is 1. The molecule has 0 aliphatic heterocycles. The molecule has 1 heterocycles. The van der Waals surface area contributed by atoms with Gasteiger partial charge in [0.1, 0.15) is 5.56 Å². The van der Waals surface area contributed by atoms with Crippen molar-refractivity contribution in [2.45, 2.75) is 32.9 Å². The van der Waals surface area contributed by atoms with E-state index in [4.69, 9.17) is 9.47 Å². The summed E-state index contributed by atoms with van der Waals surface area (Å²) in [6, 6.07) is 0. The molecule has 1 aromatic heterocycles. The smallest absolute Gasteiger partial charge is 0.341 e. The van der Waals surface area contributed by atoms with Gasteiger partial charge in [-0.15, -0.1) is 0 Å². The molecule has 0 amide bonds. The largest absolute Gasteiger partial charge is 0.465 e. The predicted octanol–water partition coefficient (Wildman–Crippen LogP) is 1.86. The van der Waals surface area contributed by atoms with Crippen LogP contribution in [-0.4, -0.2) is 30.0 Å². The van der Waals surface area contributed by atoms with Gasteiger partial charge in [0, 0.05) is 13.7 Å². The maximum absolute atomic E-state index is 11.6. The molecule has 2 rings (SSSR count). The maximum Gasteiger partial charge on any atom is 0.341 e. The Morgan fingerprint density at radius 3 is 2.78 bits per heavy atom. The molecule has 0 N–H and O–H groups in total. The molecule has 5 nitrogen and oxygen atoms in total. The first-order chi connectivity index (χ1) is 8.65. The molecule has 5 heteroatoms. The number of methoxy groups -OCH3 is 2. The van der Waals surface area contributed by atoms with Crippen molar-refractivity contribution in [1.29, 1.82) is 0 Å². The first-order valence-corrected chi connectivity index (χ1v) is 6.27. The van der Waals surface area contributed by atoms with Crippen molar-refractivity contribution in [1.82, 2.24) is 9.78 Å². The standard InChI is InChI=1S/C13H20N2O3/c1-9-4-10(5-9)7-15-12(8-17-2)11(6-14-15)13(16)18-3/h6,9-10H,4-5,7-8H2,1-3H3. The summed E-state index contributed by atoms with van der Waals surface area (Å²) in [6.45, 7) is 3.50. The number of carbonyl (C=O) groups excluding carboxylic acids is 1. The minimum Gasteiger partial charge on any atom is -0.465 e. The van der Waals surface area contributed by atoms with Crippen LogP contribution in [0.3, 0.4) is 0 Å². The second kappa shape index (κ2) is 5.52. The highest BCUT2D eigenvalue weighted by molar-refractivity contribution is 5.90. The quantitative estimate of drug-likeness (QED) is 0.751. The fourth-order valence-electron chi connectivity index (χ4n) is 2.60. The van der Waals surface area contributed by atoms with E-state index in [9.17, 15) is 4.79 Å². The van der Waals surface area contributed by atoms with Crippen molar-refractivity contribution in [3.8, 4) is 0 Å². The van der Waals surface area contributed by atoms with Crippen LogP contribution in [0.2, 0.25) is 0 Å². The fourth-order valence-corrected chi connectivity index (χ4v) is 2.60. The van der Waals surface area contributed by atoms with E-state index >= 15 is 0 Å². The minimum atomic E-state index is -0.352. The summed E-state index contributed by atoms with van der Waals surface area (Å²) in [5, 5.41) is 4.29. The highest BCUT2D eigenvalue weighted by atomic mass is 16.5. The Balaban J connectivity index is 2.13. The Kier molecular flexibility index (Phi) is 4.01. The third-order valence-corrected chi connectivity index (χ3v) is 3.54. The first-order valence-electron chi connectivity index (χ1n) is 6.27. The number of rotatable bonds is 5. The van der Waals surface area contributed by atoms with Crippen LogP contribution in [0.15, 0.2) is 6.20 Å². The van der Waals surface area contributed by atoms with Gasteiger partial charge in [0.25, 0.3) is 0 Å². The van der Waals surface area contributed by atoms with E-state index < -0.39 is 0 Å². The molecule has 0 radical (unpaired) electrons. The first kappa shape index (κ1) is 13.1. The predicted molar refractivity (Wildman–Crippen MR) is 66.2 cm³/mol. The van der Waals surface area contributed by atoms with Gasteiger partial charge in [-0.3, -0.25) is 4.68 Å². The molecule has 1 saturated carbocycles. The molecule has 0 saturated heterocycles. The van der Waals surface area contributed by atoms with Gasteiger partial charge in [-0.25, -0.2) is 4.79 Å². The molecule has 0 spiro atoms. The monoisotopic (exact) mass is 252 g/mol. The molecule has 0 unspecified atom stereocenters. The number of carbonyl (C=O) groups is 1. The van der Waals surface area contributed by atoms with E-state index in [2.05, 4.69) is 12.0 Å². The summed E-state index contributed by atoms with van der Waals surface area (Å²) in [4.78, 5) is 11.6. The average Bonchev–Trinajstić information content (AvgIpc) is 2.70. The minimum absolute atomic E-state index is 0.352. The van der Waals surface area contributed by atoms with Crippen LogP contribution in [0.1, 0.15) is 35.8 Å². The normalized spacial score (nSPS) is 22.6. The van der Waals surface area contributed by atoms with E-state index in [1.807, 2.05) is 4.68 Å². The van der Waals surface area contributed by atoms with Crippen LogP contribution in [0.4, 0.5) is 0 Å². The lowest BCUT2D eigenvalue weighted by molar-refractivity contribution is 0.0594. The molecule has 1 fully saturated rings. The van der Waals surface area contributed by atoms with Crippen LogP contribution in [0.25, 0.3) is 0 Å². The Labute approximate surface area is 107 Å². The second-order valence-electron chi connectivity index (χ2n) is 5.05. The lowest BCUT2D eigenvalue weighted by Gasteiger charge is -2.32. The van der Waals surface area contributed by atoms with Crippen LogP contribution >= 0.6 is 0 Å². The molecule has 0 aromatic carbocycles. The molecular formula is C13H20N2O3. The Bertz CT molecular complexity index is 422. The topological polar surface area (TPSA) is 53.4 Å². The van der Waals surface area contributed by atoms with Crippen LogP contribution in [-0.2, 0) is 22.6 Å². The van der Waals surface area contributed by atoms with Gasteiger partial charge in [-0.2, -0.15) is 5.10 Å². The number of ether oxygens (including phenoxy) is 2. The zero-order valence-corrected chi connectivity index (χ0v) is 11.2. The lowest BCUT2D eigenvalue weighted by Crippen LogP contribution is -2.27. The SMILES string of the molecule is COCc1c(C(=O)OC)cnn1CC1CC(C)C1. The number of hydrogen-bond donors (Lipinski definition) is 0. The Hall–Kier alpha value is -1.36. The molecule has 100 valence electrons. The van der Waals surface area contributed by atoms with E-state index in [1.165, 1.54) is 20.0 Å². The van der Waals surface area contributed by atoms with Gasteiger partial charge < -0.3 is 9.47 Å². The zero-order valence-electron chi connectivity index (χ0n) is 11.2. The fraction of sp³-hybridized carbons (Fsp3) is 0.692. The third-order valence-electron chi connectivity index (χ3n) is 3.54. The maximum atomic E-state index is 11.6. The molecule has 1 aliphatic carbocycles. The van der Waals surface area contributed by atoms with E-state index in [0.717, 1.165) is 18.2 Å². The van der Waals surface area contributed by atoms with Crippen LogP contribution in [0.5, 0.6) is 0 Å². The van der Waals surface area contributed by atoms with Gasteiger partial charge >= 0.3 is 5.97 Å². The van der Waals surface area contributed by atoms with Crippen LogP contribution in [0, 0.1) is 11.8 Å². The van der Waals surface area contributed by atoms with Gasteiger partial charge in [0.05, 0.1) is 25.6 Å². The van der Waals surface area contributed by atoms with E-state index in [1.54, 1.807) is 13.3 Å². The van der Waals surface area contributed by atoms with Crippen molar-refractivity contribution in [2.24, 2.45) is 11.8 Å². The molecule has 18 heavy (non-hydrogen) atoms.